The second kappa shape index (κ2) is 9.88. The Morgan fingerprint density at radius 2 is 1.90 bits per heavy atom. The fourth-order valence-electron chi connectivity index (χ4n) is 5.11. The molecule has 1 aliphatic heterocycles. The van der Waals surface area contributed by atoms with Crippen molar-refractivity contribution < 1.29 is 37.7 Å². The van der Waals surface area contributed by atoms with Crippen molar-refractivity contribution in [3.63, 3.8) is 0 Å². The first-order chi connectivity index (χ1) is 19.6. The molecule has 41 heavy (non-hydrogen) atoms. The second-order valence-electron chi connectivity index (χ2n) is 9.76. The van der Waals surface area contributed by atoms with Gasteiger partial charge in [0.05, 0.1) is 22.6 Å². The first-order valence-corrected chi connectivity index (χ1v) is 12.8. The van der Waals surface area contributed by atoms with Crippen LogP contribution >= 0.6 is 0 Å². The summed E-state index contributed by atoms with van der Waals surface area (Å²) in [5, 5.41) is 14.1. The van der Waals surface area contributed by atoms with Crippen molar-refractivity contribution in [2.75, 3.05) is 11.9 Å². The monoisotopic (exact) mass is 562 g/mol. The number of fused-ring (bicyclic) bond motifs is 2. The van der Waals surface area contributed by atoms with E-state index in [9.17, 15) is 23.5 Å². The number of carbonyl (C=O) groups is 2. The zero-order valence-electron chi connectivity index (χ0n) is 22.0. The Kier molecular flexibility index (Phi) is 6.32. The average molecular weight is 563 g/mol. The summed E-state index contributed by atoms with van der Waals surface area (Å²) in [6, 6.07) is 13.8. The molecule has 12 heteroatoms. The lowest BCUT2D eigenvalue weighted by Gasteiger charge is -2.25. The molecule has 3 heterocycles. The van der Waals surface area contributed by atoms with Gasteiger partial charge in [-0.3, -0.25) is 4.79 Å². The second-order valence-corrected chi connectivity index (χ2v) is 9.76. The van der Waals surface area contributed by atoms with E-state index >= 15 is 0 Å². The van der Waals surface area contributed by atoms with Crippen molar-refractivity contribution in [3.05, 3.63) is 88.9 Å². The van der Waals surface area contributed by atoms with Gasteiger partial charge in [-0.1, -0.05) is 6.07 Å². The van der Waals surface area contributed by atoms with Crippen molar-refractivity contribution in [3.8, 4) is 23.1 Å². The third kappa shape index (κ3) is 4.92. The predicted octanol–water partition coefficient (Wildman–Crippen LogP) is 5.33. The number of hydrogen-bond acceptors (Lipinski definition) is 7. The number of hydrogen-bond donors (Lipinski definition) is 1. The number of aromatic nitrogens is 3. The quantitative estimate of drug-likeness (QED) is 0.335. The fourth-order valence-corrected chi connectivity index (χ4v) is 5.11. The minimum Gasteiger partial charge on any atom is -0.478 e. The van der Waals surface area contributed by atoms with Crippen LogP contribution < -0.4 is 19.1 Å². The van der Waals surface area contributed by atoms with Crippen LogP contribution in [0.15, 0.2) is 60.8 Å². The highest BCUT2D eigenvalue weighted by molar-refractivity contribution is 6.06. The maximum atomic E-state index is 13.5. The Hall–Kier alpha value is -5.00. The molecule has 0 bridgehead atoms. The van der Waals surface area contributed by atoms with E-state index in [-0.39, 0.29) is 28.8 Å². The summed E-state index contributed by atoms with van der Waals surface area (Å²) in [4.78, 5) is 30.4. The van der Waals surface area contributed by atoms with E-state index in [1.54, 1.807) is 22.9 Å². The summed E-state index contributed by atoms with van der Waals surface area (Å²) in [6.45, 7) is 1.91. The van der Waals surface area contributed by atoms with Crippen molar-refractivity contribution in [2.24, 2.45) is 0 Å². The van der Waals surface area contributed by atoms with Gasteiger partial charge in [0.2, 0.25) is 5.88 Å². The summed E-state index contributed by atoms with van der Waals surface area (Å²) < 4.78 is 43.8. The van der Waals surface area contributed by atoms with Crippen molar-refractivity contribution >= 4 is 17.6 Å². The van der Waals surface area contributed by atoms with Gasteiger partial charge in [-0.05, 0) is 62.6 Å². The molecule has 2 aromatic heterocycles. The van der Waals surface area contributed by atoms with Crippen LogP contribution in [-0.2, 0) is 6.42 Å². The van der Waals surface area contributed by atoms with Gasteiger partial charge in [0.25, 0.3) is 5.91 Å². The SMILES string of the molecule is Cc1nn(-c2cccc(C(=O)N(C)c3ccc4c(c3)OC(F)(F)O4)c2)c2c1CCC[C@@H]2Oc1cc(C(=O)O)ccn1. The number of alkyl halides is 2. The van der Waals surface area contributed by atoms with Crippen LogP contribution in [-0.4, -0.2) is 45.1 Å². The number of halogens is 2. The highest BCUT2D eigenvalue weighted by atomic mass is 19.3. The van der Waals surface area contributed by atoms with Crippen LogP contribution in [0.4, 0.5) is 14.5 Å². The zero-order chi connectivity index (χ0) is 28.9. The molecule has 4 aromatic rings. The molecule has 6 rings (SSSR count). The normalized spacial score (nSPS) is 16.6. The Morgan fingerprint density at radius 3 is 2.71 bits per heavy atom. The summed E-state index contributed by atoms with van der Waals surface area (Å²) >= 11 is 0. The molecule has 1 N–H and O–H groups in total. The van der Waals surface area contributed by atoms with Crippen LogP contribution in [0.25, 0.3) is 5.69 Å². The number of amides is 1. The summed E-state index contributed by atoms with van der Waals surface area (Å²) in [7, 11) is 1.53. The van der Waals surface area contributed by atoms with E-state index < -0.39 is 18.4 Å². The predicted molar refractivity (Wildman–Crippen MR) is 141 cm³/mol. The first kappa shape index (κ1) is 26.2. The molecule has 0 fully saturated rings. The van der Waals surface area contributed by atoms with Crippen LogP contribution in [0.3, 0.4) is 0 Å². The van der Waals surface area contributed by atoms with Crippen molar-refractivity contribution in [1.29, 1.82) is 0 Å². The van der Waals surface area contributed by atoms with Gasteiger partial charge in [-0.15, -0.1) is 8.78 Å². The molecule has 210 valence electrons. The standard InChI is InChI=1S/C29H24F2N4O6/c1-16-21-7-4-8-23(39-25-14-18(28(37)38)11-12-32-25)26(21)35(33-16)20-6-3-5-17(13-20)27(36)34(2)19-9-10-22-24(15-19)41-29(30,31)40-22/h3,5-6,9-15,23H,4,7-8H2,1-2H3,(H,37,38)/t23-/m0/s1. The van der Waals surface area contributed by atoms with Crippen LogP contribution in [0, 0.1) is 6.92 Å². The molecule has 0 spiro atoms. The van der Waals surface area contributed by atoms with E-state index in [0.29, 0.717) is 23.4 Å². The van der Waals surface area contributed by atoms with E-state index in [0.717, 1.165) is 29.8 Å². The van der Waals surface area contributed by atoms with E-state index in [1.807, 2.05) is 13.0 Å². The van der Waals surface area contributed by atoms with E-state index in [1.165, 1.54) is 48.5 Å². The molecule has 0 saturated heterocycles. The minimum atomic E-state index is -3.75. The summed E-state index contributed by atoms with van der Waals surface area (Å²) in [5.74, 6) is -1.53. The molecule has 1 aliphatic carbocycles. The molecule has 0 saturated carbocycles. The zero-order valence-corrected chi connectivity index (χ0v) is 22.0. The smallest absolute Gasteiger partial charge is 0.478 e. The third-order valence-electron chi connectivity index (χ3n) is 7.08. The van der Waals surface area contributed by atoms with Crippen molar-refractivity contribution in [1.82, 2.24) is 14.8 Å². The number of carbonyl (C=O) groups excluding carboxylic acids is 1. The van der Waals surface area contributed by atoms with E-state index in [4.69, 9.17) is 9.84 Å². The van der Waals surface area contributed by atoms with Gasteiger partial charge in [-0.2, -0.15) is 5.10 Å². The fraction of sp³-hybridized carbons (Fsp3) is 0.241. The number of ether oxygens (including phenoxy) is 3. The van der Waals surface area contributed by atoms with Crippen molar-refractivity contribution in [2.45, 2.75) is 38.6 Å². The van der Waals surface area contributed by atoms with Gasteiger partial charge >= 0.3 is 12.3 Å². The molecule has 1 atom stereocenters. The number of anilines is 1. The highest BCUT2D eigenvalue weighted by Crippen LogP contribution is 2.43. The third-order valence-corrected chi connectivity index (χ3v) is 7.08. The number of rotatable bonds is 6. The van der Waals surface area contributed by atoms with Crippen LogP contribution in [0.5, 0.6) is 17.4 Å². The van der Waals surface area contributed by atoms with Gasteiger partial charge in [-0.25, -0.2) is 14.5 Å². The number of nitrogens with zero attached hydrogens (tertiary/aromatic N) is 4. The molecule has 10 nitrogen and oxygen atoms in total. The first-order valence-electron chi connectivity index (χ1n) is 12.8. The average Bonchev–Trinajstić information content (AvgIpc) is 3.47. The number of benzene rings is 2. The Labute approximate surface area is 232 Å². The summed E-state index contributed by atoms with van der Waals surface area (Å²) in [6.07, 6.45) is -0.480. The number of aryl methyl sites for hydroxylation is 1. The van der Waals surface area contributed by atoms with E-state index in [2.05, 4.69) is 14.5 Å². The number of pyridine rings is 1. The molecule has 0 radical (unpaired) electrons. The largest absolute Gasteiger partial charge is 0.586 e. The number of carboxylic acid groups (broad SMARTS) is 1. The van der Waals surface area contributed by atoms with Crippen LogP contribution in [0.1, 0.15) is 56.6 Å². The molecule has 2 aliphatic rings. The number of carboxylic acids is 1. The van der Waals surface area contributed by atoms with Gasteiger partial charge in [0.15, 0.2) is 11.5 Å². The number of aromatic carboxylic acids is 1. The lowest BCUT2D eigenvalue weighted by molar-refractivity contribution is -0.286. The minimum absolute atomic E-state index is 0.0715. The molecule has 2 aromatic carbocycles. The topological polar surface area (TPSA) is 116 Å². The molecule has 1 amide bonds. The lowest BCUT2D eigenvalue weighted by Crippen LogP contribution is -2.26. The van der Waals surface area contributed by atoms with Gasteiger partial charge < -0.3 is 24.2 Å². The Morgan fingerprint density at radius 1 is 1.10 bits per heavy atom. The molecule has 0 unspecified atom stereocenters. The van der Waals surface area contributed by atoms with Gasteiger partial charge in [0, 0.05) is 42.2 Å². The molecular formula is C29H24F2N4O6. The highest BCUT2D eigenvalue weighted by Gasteiger charge is 2.43. The maximum absolute atomic E-state index is 13.5. The van der Waals surface area contributed by atoms with Crippen LogP contribution in [0.2, 0.25) is 0 Å². The van der Waals surface area contributed by atoms with Gasteiger partial charge in [0.1, 0.15) is 6.10 Å². The molecular weight excluding hydrogens is 538 g/mol. The Balaban J connectivity index is 1.30. The maximum Gasteiger partial charge on any atom is 0.586 e. The summed E-state index contributed by atoms with van der Waals surface area (Å²) in [5.41, 5.74) is 4.05. The Bertz CT molecular complexity index is 1690. The lowest BCUT2D eigenvalue weighted by atomic mass is 9.93.